The van der Waals surface area contributed by atoms with Crippen LogP contribution in [0.1, 0.15) is 33.1 Å². The highest BCUT2D eigenvalue weighted by Gasteiger charge is 2.25. The van der Waals surface area contributed by atoms with Gasteiger partial charge in [-0.05, 0) is 44.7 Å². The summed E-state index contributed by atoms with van der Waals surface area (Å²) in [5.41, 5.74) is 0.923. The normalized spacial score (nSPS) is 20.9. The highest BCUT2D eigenvalue weighted by Crippen LogP contribution is 2.24. The molecule has 114 valence electrons. The van der Waals surface area contributed by atoms with Gasteiger partial charge in [-0.2, -0.15) is 5.10 Å². The van der Waals surface area contributed by atoms with Crippen molar-refractivity contribution in [3.63, 3.8) is 0 Å². The van der Waals surface area contributed by atoms with Gasteiger partial charge in [0.05, 0.1) is 6.20 Å². The number of nitrogens with one attached hydrogen (secondary N) is 1. The summed E-state index contributed by atoms with van der Waals surface area (Å²) < 4.78 is 1.82. The van der Waals surface area contributed by atoms with Crippen molar-refractivity contribution in [3.05, 3.63) is 24.5 Å². The predicted octanol–water partition coefficient (Wildman–Crippen LogP) is 2.33. The molecular weight excluding hydrogens is 262 g/mol. The van der Waals surface area contributed by atoms with E-state index in [0.717, 1.165) is 31.1 Å². The quantitative estimate of drug-likeness (QED) is 0.917. The first-order chi connectivity index (χ1) is 10.3. The predicted molar refractivity (Wildman–Crippen MR) is 85.7 cm³/mol. The lowest BCUT2D eigenvalue weighted by molar-refractivity contribution is 0.320. The number of hydrogen-bond acceptors (Lipinski definition) is 4. The molecule has 2 atom stereocenters. The zero-order valence-electron chi connectivity index (χ0n) is 13.0. The lowest BCUT2D eigenvalue weighted by Crippen LogP contribution is -2.45. The Kier molecular flexibility index (Phi) is 4.39. The van der Waals surface area contributed by atoms with Crippen LogP contribution in [0.25, 0.3) is 5.65 Å². The summed E-state index contributed by atoms with van der Waals surface area (Å²) >= 11 is 0. The monoisotopic (exact) mass is 287 g/mol. The summed E-state index contributed by atoms with van der Waals surface area (Å²) in [6.45, 7) is 7.84. The van der Waals surface area contributed by atoms with E-state index in [9.17, 15) is 0 Å². The lowest BCUT2D eigenvalue weighted by Gasteiger charge is -2.36. The van der Waals surface area contributed by atoms with Crippen LogP contribution in [0.15, 0.2) is 24.5 Å². The van der Waals surface area contributed by atoms with E-state index in [1.807, 2.05) is 16.8 Å². The first kappa shape index (κ1) is 14.3. The highest BCUT2D eigenvalue weighted by molar-refractivity contribution is 5.47. The molecular formula is C16H25N5. The fourth-order valence-electron chi connectivity index (χ4n) is 3.14. The molecule has 2 aromatic heterocycles. The van der Waals surface area contributed by atoms with Crippen molar-refractivity contribution in [1.29, 1.82) is 0 Å². The minimum atomic E-state index is 0.575. The molecule has 5 heteroatoms. The third-order valence-corrected chi connectivity index (χ3v) is 4.45. The zero-order valence-corrected chi connectivity index (χ0v) is 13.0. The van der Waals surface area contributed by atoms with Gasteiger partial charge in [0.15, 0.2) is 5.65 Å². The van der Waals surface area contributed by atoms with Crippen LogP contribution in [0, 0.1) is 5.92 Å². The van der Waals surface area contributed by atoms with Crippen LogP contribution in [-0.4, -0.2) is 40.3 Å². The number of fused-ring (bicyclic) bond motifs is 1. The number of rotatable bonds is 5. The minimum Gasteiger partial charge on any atom is -0.356 e. The van der Waals surface area contributed by atoms with Gasteiger partial charge in [0.2, 0.25) is 0 Å². The average Bonchev–Trinajstić information content (AvgIpc) is 3.00. The van der Waals surface area contributed by atoms with E-state index in [-0.39, 0.29) is 0 Å². The molecule has 1 N–H and O–H groups in total. The maximum absolute atomic E-state index is 4.72. The summed E-state index contributed by atoms with van der Waals surface area (Å²) in [6, 6.07) is 4.61. The maximum atomic E-state index is 4.72. The topological polar surface area (TPSA) is 45.5 Å². The van der Waals surface area contributed by atoms with Gasteiger partial charge in [-0.25, -0.2) is 9.50 Å². The molecule has 3 rings (SSSR count). The Labute approximate surface area is 126 Å². The van der Waals surface area contributed by atoms with Crippen molar-refractivity contribution >= 4 is 11.5 Å². The molecule has 0 amide bonds. The summed E-state index contributed by atoms with van der Waals surface area (Å²) in [7, 11) is 0. The third-order valence-electron chi connectivity index (χ3n) is 4.45. The van der Waals surface area contributed by atoms with Crippen LogP contribution in [0.2, 0.25) is 0 Å². The molecule has 0 saturated carbocycles. The first-order valence-electron chi connectivity index (χ1n) is 8.06. The Morgan fingerprint density at radius 3 is 3.19 bits per heavy atom. The average molecular weight is 287 g/mol. The van der Waals surface area contributed by atoms with Gasteiger partial charge >= 0.3 is 0 Å². The summed E-state index contributed by atoms with van der Waals surface area (Å²) in [5.74, 6) is 1.78. The molecule has 0 bridgehead atoms. The Morgan fingerprint density at radius 1 is 1.43 bits per heavy atom. The zero-order chi connectivity index (χ0) is 14.7. The molecule has 1 fully saturated rings. The van der Waals surface area contributed by atoms with E-state index in [4.69, 9.17) is 4.98 Å². The van der Waals surface area contributed by atoms with Gasteiger partial charge < -0.3 is 10.2 Å². The summed E-state index contributed by atoms with van der Waals surface area (Å²) in [5, 5.41) is 7.85. The largest absolute Gasteiger partial charge is 0.356 e. The van der Waals surface area contributed by atoms with Crippen LogP contribution in [0.5, 0.6) is 0 Å². The second-order valence-corrected chi connectivity index (χ2v) is 6.01. The van der Waals surface area contributed by atoms with Gasteiger partial charge in [-0.15, -0.1) is 0 Å². The molecule has 1 aliphatic rings. The molecule has 0 radical (unpaired) electrons. The number of aromatic nitrogens is 3. The molecule has 5 nitrogen and oxygen atoms in total. The second kappa shape index (κ2) is 6.43. The van der Waals surface area contributed by atoms with Crippen LogP contribution >= 0.6 is 0 Å². The molecule has 3 heterocycles. The smallest absolute Gasteiger partial charge is 0.157 e. The van der Waals surface area contributed by atoms with Crippen molar-refractivity contribution in [2.24, 2.45) is 5.92 Å². The fourth-order valence-corrected chi connectivity index (χ4v) is 3.14. The molecule has 2 unspecified atom stereocenters. The minimum absolute atomic E-state index is 0.575. The SMILES string of the molecule is CCCNC(C)C1CCCN(c2ccn3nccc3n2)C1. The van der Waals surface area contributed by atoms with Crippen molar-refractivity contribution in [2.75, 3.05) is 24.5 Å². The molecule has 2 aromatic rings. The van der Waals surface area contributed by atoms with Crippen molar-refractivity contribution in [2.45, 2.75) is 39.2 Å². The van der Waals surface area contributed by atoms with E-state index in [2.05, 4.69) is 35.2 Å². The lowest BCUT2D eigenvalue weighted by atomic mass is 9.91. The van der Waals surface area contributed by atoms with E-state index < -0.39 is 0 Å². The second-order valence-electron chi connectivity index (χ2n) is 6.01. The highest BCUT2D eigenvalue weighted by atomic mass is 15.3. The molecule has 21 heavy (non-hydrogen) atoms. The van der Waals surface area contributed by atoms with Gasteiger partial charge in [-0.1, -0.05) is 6.92 Å². The number of piperidine rings is 1. The van der Waals surface area contributed by atoms with Gasteiger partial charge in [0.25, 0.3) is 0 Å². The van der Waals surface area contributed by atoms with Gasteiger partial charge in [0, 0.05) is 31.4 Å². The van der Waals surface area contributed by atoms with Crippen LogP contribution in [-0.2, 0) is 0 Å². The van der Waals surface area contributed by atoms with Crippen LogP contribution < -0.4 is 10.2 Å². The van der Waals surface area contributed by atoms with Gasteiger partial charge in [0.1, 0.15) is 5.82 Å². The standard InChI is InChI=1S/C16H25N5/c1-3-8-17-13(2)14-5-4-10-20(12-14)15-7-11-21-16(19-15)6-9-18-21/h6-7,9,11,13-14,17H,3-5,8,10,12H2,1-2H3. The van der Waals surface area contributed by atoms with E-state index in [0.29, 0.717) is 12.0 Å². The fraction of sp³-hybridized carbons (Fsp3) is 0.625. The van der Waals surface area contributed by atoms with Crippen molar-refractivity contribution in [1.82, 2.24) is 19.9 Å². The van der Waals surface area contributed by atoms with Crippen LogP contribution in [0.4, 0.5) is 5.82 Å². The molecule has 1 aliphatic heterocycles. The number of anilines is 1. The molecule has 0 spiro atoms. The Balaban J connectivity index is 1.70. The van der Waals surface area contributed by atoms with Crippen molar-refractivity contribution < 1.29 is 0 Å². The molecule has 0 aliphatic carbocycles. The Bertz CT molecular complexity index is 579. The Hall–Kier alpha value is -1.62. The number of hydrogen-bond donors (Lipinski definition) is 1. The molecule has 1 saturated heterocycles. The van der Waals surface area contributed by atoms with E-state index in [1.165, 1.54) is 19.3 Å². The maximum Gasteiger partial charge on any atom is 0.157 e. The Morgan fingerprint density at radius 2 is 2.33 bits per heavy atom. The third kappa shape index (κ3) is 3.18. The summed E-state index contributed by atoms with van der Waals surface area (Å²) in [6.07, 6.45) is 7.54. The van der Waals surface area contributed by atoms with Gasteiger partial charge in [-0.3, -0.25) is 0 Å². The van der Waals surface area contributed by atoms with E-state index in [1.54, 1.807) is 6.20 Å². The first-order valence-corrected chi connectivity index (χ1v) is 8.06. The van der Waals surface area contributed by atoms with Crippen molar-refractivity contribution in [3.8, 4) is 0 Å². The van der Waals surface area contributed by atoms with Crippen LogP contribution in [0.3, 0.4) is 0 Å². The molecule has 0 aromatic carbocycles. The number of nitrogens with zero attached hydrogens (tertiary/aromatic N) is 4. The van der Waals surface area contributed by atoms with E-state index >= 15 is 0 Å². The summed E-state index contributed by atoms with van der Waals surface area (Å²) in [4.78, 5) is 7.14.